The van der Waals surface area contributed by atoms with Gasteiger partial charge >= 0.3 is 6.09 Å². The van der Waals surface area contributed by atoms with Crippen molar-refractivity contribution >= 4 is 52.6 Å². The van der Waals surface area contributed by atoms with Gasteiger partial charge in [0.25, 0.3) is 11.1 Å². The largest absolute Gasteiger partial charge is 0.450 e. The van der Waals surface area contributed by atoms with Gasteiger partial charge in [0.15, 0.2) is 0 Å². The van der Waals surface area contributed by atoms with Gasteiger partial charge in [0.1, 0.15) is 0 Å². The van der Waals surface area contributed by atoms with Gasteiger partial charge in [0.2, 0.25) is 5.91 Å². The number of amides is 4. The summed E-state index contributed by atoms with van der Waals surface area (Å²) in [5.74, 6) is -0.709. The molecule has 3 rings (SSSR count). The Balaban J connectivity index is 1.45. The van der Waals surface area contributed by atoms with E-state index in [-0.39, 0.29) is 42.2 Å². The Labute approximate surface area is 189 Å². The molecule has 0 spiro atoms. The number of likely N-dealkylation sites (tertiary alicyclic amines) is 1. The number of nitrogens with zero attached hydrogens (tertiary/aromatic N) is 2. The fourth-order valence-electron chi connectivity index (χ4n) is 3.38. The molecule has 166 valence electrons. The van der Waals surface area contributed by atoms with Crippen LogP contribution in [0.25, 0.3) is 6.08 Å². The lowest BCUT2D eigenvalue weighted by atomic mass is 9.96. The van der Waals surface area contributed by atoms with Crippen molar-refractivity contribution in [2.75, 3.05) is 32.8 Å². The summed E-state index contributed by atoms with van der Waals surface area (Å²) in [5.41, 5.74) is 0.775. The van der Waals surface area contributed by atoms with Gasteiger partial charge in [-0.2, -0.15) is 0 Å². The van der Waals surface area contributed by atoms with Crippen molar-refractivity contribution in [2.45, 2.75) is 19.8 Å². The van der Waals surface area contributed by atoms with Crippen molar-refractivity contribution in [3.8, 4) is 0 Å². The molecular weight excluding hydrogens is 442 g/mol. The Morgan fingerprint density at radius 3 is 2.55 bits per heavy atom. The predicted octanol–water partition coefficient (Wildman–Crippen LogP) is 3.36. The van der Waals surface area contributed by atoms with E-state index in [1.165, 1.54) is 0 Å². The van der Waals surface area contributed by atoms with Crippen molar-refractivity contribution in [3.05, 3.63) is 39.8 Å². The van der Waals surface area contributed by atoms with Crippen LogP contribution >= 0.6 is 23.4 Å². The number of ether oxygens (including phenoxy) is 1. The fourth-order valence-corrected chi connectivity index (χ4v) is 4.37. The van der Waals surface area contributed by atoms with Crippen molar-refractivity contribution in [1.82, 2.24) is 15.1 Å². The summed E-state index contributed by atoms with van der Waals surface area (Å²) in [4.78, 5) is 52.0. The quantitative estimate of drug-likeness (QED) is 0.647. The summed E-state index contributed by atoms with van der Waals surface area (Å²) in [7, 11) is 0. The third-order valence-electron chi connectivity index (χ3n) is 5.07. The van der Waals surface area contributed by atoms with Gasteiger partial charge in [-0.15, -0.1) is 0 Å². The average Bonchev–Trinajstić information content (AvgIpc) is 3.03. The highest BCUT2D eigenvalue weighted by atomic mass is 35.5. The molecular formula is C21H24ClN3O5S. The second-order valence-electron chi connectivity index (χ2n) is 7.14. The minimum absolute atomic E-state index is 0.107. The van der Waals surface area contributed by atoms with Crippen LogP contribution in [-0.2, 0) is 14.3 Å². The molecule has 10 heteroatoms. The molecule has 2 aliphatic heterocycles. The first kappa shape index (κ1) is 23.1. The zero-order valence-corrected chi connectivity index (χ0v) is 18.7. The Morgan fingerprint density at radius 1 is 1.23 bits per heavy atom. The lowest BCUT2D eigenvalue weighted by Crippen LogP contribution is -2.44. The molecule has 0 aliphatic carbocycles. The maximum atomic E-state index is 12.5. The lowest BCUT2D eigenvalue weighted by Gasteiger charge is -2.30. The Morgan fingerprint density at radius 2 is 1.90 bits per heavy atom. The normalized spacial score (nSPS) is 18.6. The average molecular weight is 466 g/mol. The van der Waals surface area contributed by atoms with Gasteiger partial charge in [-0.05, 0) is 55.3 Å². The Bertz CT molecular complexity index is 882. The van der Waals surface area contributed by atoms with E-state index in [4.69, 9.17) is 16.3 Å². The lowest BCUT2D eigenvalue weighted by molar-refractivity contribution is -0.127. The van der Waals surface area contributed by atoms with Crippen LogP contribution in [0.4, 0.5) is 9.59 Å². The molecule has 0 saturated carbocycles. The van der Waals surface area contributed by atoms with Crippen LogP contribution in [0.3, 0.4) is 0 Å². The van der Waals surface area contributed by atoms with Crippen molar-refractivity contribution < 1.29 is 23.9 Å². The Hall–Kier alpha value is -2.52. The van der Waals surface area contributed by atoms with Crippen LogP contribution in [0.15, 0.2) is 29.2 Å². The van der Waals surface area contributed by atoms with E-state index < -0.39 is 0 Å². The number of halogens is 1. The molecule has 0 unspecified atom stereocenters. The van der Waals surface area contributed by atoms with Crippen molar-refractivity contribution in [3.63, 3.8) is 0 Å². The summed E-state index contributed by atoms with van der Waals surface area (Å²) in [6, 6.07) is 6.96. The topological polar surface area (TPSA) is 96.0 Å². The summed E-state index contributed by atoms with van der Waals surface area (Å²) in [6.45, 7) is 3.30. The van der Waals surface area contributed by atoms with E-state index in [2.05, 4.69) is 5.32 Å². The molecule has 1 N–H and O–H groups in total. The first-order valence-corrected chi connectivity index (χ1v) is 11.3. The van der Waals surface area contributed by atoms with Gasteiger partial charge < -0.3 is 15.0 Å². The number of carbonyl (C=O) groups is 4. The van der Waals surface area contributed by atoms with Gasteiger partial charge in [-0.25, -0.2) is 4.79 Å². The molecule has 1 aromatic carbocycles. The molecule has 2 heterocycles. The summed E-state index contributed by atoms with van der Waals surface area (Å²) in [6.07, 6.45) is 2.40. The highest BCUT2D eigenvalue weighted by Crippen LogP contribution is 2.32. The molecule has 0 atom stereocenters. The SMILES string of the molecule is CCOC(=O)N1CCC(C(=O)NCCN2C(=O)S/C(=C\c3ccc(Cl)cc3)C2=O)CC1. The molecule has 4 amide bonds. The highest BCUT2D eigenvalue weighted by Gasteiger charge is 2.35. The molecule has 0 bridgehead atoms. The second-order valence-corrected chi connectivity index (χ2v) is 8.57. The van der Waals surface area contributed by atoms with Gasteiger partial charge in [-0.1, -0.05) is 23.7 Å². The molecule has 0 aromatic heterocycles. The highest BCUT2D eigenvalue weighted by molar-refractivity contribution is 8.18. The summed E-state index contributed by atoms with van der Waals surface area (Å²) >= 11 is 6.74. The Kier molecular flexibility index (Phi) is 7.97. The van der Waals surface area contributed by atoms with Crippen LogP contribution in [-0.4, -0.2) is 65.7 Å². The number of benzene rings is 1. The van der Waals surface area contributed by atoms with Gasteiger partial charge in [0.05, 0.1) is 11.5 Å². The van der Waals surface area contributed by atoms with E-state index in [9.17, 15) is 19.2 Å². The third kappa shape index (κ3) is 6.01. The number of hydrogen-bond donors (Lipinski definition) is 1. The minimum atomic E-state index is -0.373. The maximum absolute atomic E-state index is 12.5. The number of rotatable bonds is 6. The fraction of sp³-hybridized carbons (Fsp3) is 0.429. The standard InChI is InChI=1S/C21H24ClN3O5S/c1-2-30-20(28)24-10-7-15(8-11-24)18(26)23-9-12-25-19(27)17(31-21(25)29)13-14-3-5-16(22)6-4-14/h3-6,13,15H,2,7-12H2,1H3,(H,23,26)/b17-13-. The van der Waals surface area contributed by atoms with Crippen LogP contribution in [0.1, 0.15) is 25.3 Å². The van der Waals surface area contributed by atoms with Crippen LogP contribution in [0.2, 0.25) is 5.02 Å². The zero-order valence-electron chi connectivity index (χ0n) is 17.1. The number of imide groups is 1. The van der Waals surface area contributed by atoms with E-state index in [0.717, 1.165) is 22.2 Å². The third-order valence-corrected chi connectivity index (χ3v) is 6.23. The number of hydrogen-bond acceptors (Lipinski definition) is 6. The van der Waals surface area contributed by atoms with Crippen molar-refractivity contribution in [2.24, 2.45) is 5.92 Å². The predicted molar refractivity (Wildman–Crippen MR) is 118 cm³/mol. The van der Waals surface area contributed by atoms with Crippen LogP contribution in [0, 0.1) is 5.92 Å². The molecule has 2 saturated heterocycles. The number of piperidine rings is 1. The number of thioether (sulfide) groups is 1. The number of carbonyl (C=O) groups excluding carboxylic acids is 4. The van der Waals surface area contributed by atoms with Crippen molar-refractivity contribution in [1.29, 1.82) is 0 Å². The summed E-state index contributed by atoms with van der Waals surface area (Å²) < 4.78 is 4.98. The van der Waals surface area contributed by atoms with E-state index in [1.807, 2.05) is 0 Å². The van der Waals surface area contributed by atoms with E-state index in [0.29, 0.717) is 42.5 Å². The molecule has 2 fully saturated rings. The van der Waals surface area contributed by atoms with Crippen LogP contribution in [0.5, 0.6) is 0 Å². The molecule has 1 aromatic rings. The minimum Gasteiger partial charge on any atom is -0.450 e. The number of nitrogens with one attached hydrogen (secondary N) is 1. The van der Waals surface area contributed by atoms with Gasteiger partial charge in [0, 0.05) is 37.1 Å². The first-order valence-electron chi connectivity index (χ1n) is 10.1. The smallest absolute Gasteiger partial charge is 0.409 e. The monoisotopic (exact) mass is 465 g/mol. The second kappa shape index (κ2) is 10.7. The summed E-state index contributed by atoms with van der Waals surface area (Å²) in [5, 5.41) is 3.03. The van der Waals surface area contributed by atoms with Crippen LogP contribution < -0.4 is 5.32 Å². The molecule has 2 aliphatic rings. The first-order chi connectivity index (χ1) is 14.9. The van der Waals surface area contributed by atoms with Gasteiger partial charge in [-0.3, -0.25) is 19.3 Å². The zero-order chi connectivity index (χ0) is 22.4. The maximum Gasteiger partial charge on any atom is 0.409 e. The van der Waals surface area contributed by atoms with E-state index in [1.54, 1.807) is 42.2 Å². The molecule has 31 heavy (non-hydrogen) atoms. The molecule has 0 radical (unpaired) electrons. The van der Waals surface area contributed by atoms with E-state index >= 15 is 0 Å². The molecule has 8 nitrogen and oxygen atoms in total.